The van der Waals surface area contributed by atoms with Crippen LogP contribution in [0.5, 0.6) is 0 Å². The standard InChI is InChI=1S/C15H26N6/c1-10(2)13-17-14(19-16)11(3)15(18-13)21-8-7-20-6-4-5-12(20)9-21/h10,12H,4-9,16H2,1-3H3,(H,17,18,19). The van der Waals surface area contributed by atoms with Gasteiger partial charge in [0.2, 0.25) is 0 Å². The maximum atomic E-state index is 5.64. The van der Waals surface area contributed by atoms with Crippen LogP contribution < -0.4 is 16.2 Å². The van der Waals surface area contributed by atoms with Gasteiger partial charge in [-0.1, -0.05) is 13.8 Å². The van der Waals surface area contributed by atoms with E-state index in [4.69, 9.17) is 10.8 Å². The minimum absolute atomic E-state index is 0.296. The Bertz CT molecular complexity index is 515. The monoisotopic (exact) mass is 290 g/mol. The van der Waals surface area contributed by atoms with E-state index < -0.39 is 0 Å². The highest BCUT2D eigenvalue weighted by Crippen LogP contribution is 2.29. The van der Waals surface area contributed by atoms with Crippen LogP contribution in [0, 0.1) is 6.92 Å². The molecule has 2 saturated heterocycles. The van der Waals surface area contributed by atoms with Crippen LogP contribution in [-0.2, 0) is 0 Å². The Morgan fingerprint density at radius 3 is 2.76 bits per heavy atom. The van der Waals surface area contributed by atoms with Crippen LogP contribution in [0.25, 0.3) is 0 Å². The number of hydrogen-bond donors (Lipinski definition) is 2. The van der Waals surface area contributed by atoms with Crippen LogP contribution in [0.3, 0.4) is 0 Å². The first-order chi connectivity index (χ1) is 10.1. The number of anilines is 2. The Morgan fingerprint density at radius 1 is 1.24 bits per heavy atom. The molecule has 3 N–H and O–H groups in total. The number of nitrogens with one attached hydrogen (secondary N) is 1. The first-order valence-electron chi connectivity index (χ1n) is 7.94. The lowest BCUT2D eigenvalue weighted by Gasteiger charge is -2.39. The quantitative estimate of drug-likeness (QED) is 0.649. The van der Waals surface area contributed by atoms with Gasteiger partial charge >= 0.3 is 0 Å². The second-order valence-corrected chi connectivity index (χ2v) is 6.46. The summed E-state index contributed by atoms with van der Waals surface area (Å²) < 4.78 is 0. The average Bonchev–Trinajstić information content (AvgIpc) is 2.94. The topological polar surface area (TPSA) is 70.3 Å². The van der Waals surface area contributed by atoms with Crippen molar-refractivity contribution in [3.8, 4) is 0 Å². The molecule has 2 fully saturated rings. The Kier molecular flexibility index (Phi) is 3.99. The van der Waals surface area contributed by atoms with Crippen LogP contribution in [0.4, 0.5) is 11.6 Å². The molecule has 0 radical (unpaired) electrons. The van der Waals surface area contributed by atoms with Crippen molar-refractivity contribution in [1.82, 2.24) is 14.9 Å². The van der Waals surface area contributed by atoms with Gasteiger partial charge in [-0.2, -0.15) is 0 Å². The number of aromatic nitrogens is 2. The molecule has 3 rings (SSSR count). The van der Waals surface area contributed by atoms with E-state index in [1.807, 2.05) is 0 Å². The molecule has 2 aliphatic heterocycles. The molecular weight excluding hydrogens is 264 g/mol. The van der Waals surface area contributed by atoms with E-state index in [2.05, 4.69) is 41.0 Å². The fourth-order valence-electron chi connectivity index (χ4n) is 3.41. The summed E-state index contributed by atoms with van der Waals surface area (Å²) in [6.45, 7) is 10.8. The van der Waals surface area contributed by atoms with Crippen LogP contribution in [-0.4, -0.2) is 47.1 Å². The van der Waals surface area contributed by atoms with Gasteiger partial charge in [0.25, 0.3) is 0 Å². The molecule has 3 heterocycles. The average molecular weight is 290 g/mol. The number of fused-ring (bicyclic) bond motifs is 1. The van der Waals surface area contributed by atoms with Crippen molar-refractivity contribution in [3.63, 3.8) is 0 Å². The number of nitrogen functional groups attached to an aromatic ring is 1. The molecule has 2 aliphatic rings. The number of nitrogens with two attached hydrogens (primary N) is 1. The molecule has 116 valence electrons. The zero-order valence-electron chi connectivity index (χ0n) is 13.3. The minimum atomic E-state index is 0.296. The second-order valence-electron chi connectivity index (χ2n) is 6.46. The molecule has 1 unspecified atom stereocenters. The third kappa shape index (κ3) is 2.70. The van der Waals surface area contributed by atoms with Gasteiger partial charge < -0.3 is 10.3 Å². The van der Waals surface area contributed by atoms with Gasteiger partial charge in [-0.25, -0.2) is 15.8 Å². The minimum Gasteiger partial charge on any atom is -0.353 e. The van der Waals surface area contributed by atoms with E-state index in [1.165, 1.54) is 19.4 Å². The molecule has 1 atom stereocenters. The van der Waals surface area contributed by atoms with Gasteiger partial charge in [-0.3, -0.25) is 4.90 Å². The molecule has 21 heavy (non-hydrogen) atoms. The molecule has 0 aromatic carbocycles. The number of hydrazine groups is 1. The third-order valence-corrected chi connectivity index (χ3v) is 4.68. The van der Waals surface area contributed by atoms with Gasteiger partial charge in [0, 0.05) is 37.2 Å². The third-order valence-electron chi connectivity index (χ3n) is 4.68. The van der Waals surface area contributed by atoms with Crippen LogP contribution in [0.15, 0.2) is 0 Å². The van der Waals surface area contributed by atoms with Crippen molar-refractivity contribution < 1.29 is 0 Å². The summed E-state index contributed by atoms with van der Waals surface area (Å²) in [5, 5.41) is 0. The first-order valence-corrected chi connectivity index (χ1v) is 7.94. The highest BCUT2D eigenvalue weighted by Gasteiger charge is 2.32. The largest absolute Gasteiger partial charge is 0.353 e. The summed E-state index contributed by atoms with van der Waals surface area (Å²) in [6, 6.07) is 0.685. The number of rotatable bonds is 3. The molecule has 0 amide bonds. The van der Waals surface area contributed by atoms with Crippen molar-refractivity contribution in [1.29, 1.82) is 0 Å². The van der Waals surface area contributed by atoms with E-state index in [0.29, 0.717) is 12.0 Å². The molecule has 6 heteroatoms. The van der Waals surface area contributed by atoms with Crippen molar-refractivity contribution in [2.45, 2.75) is 45.6 Å². The highest BCUT2D eigenvalue weighted by atomic mass is 15.3. The summed E-state index contributed by atoms with van der Waals surface area (Å²) >= 11 is 0. The Labute approximate surface area is 126 Å². The van der Waals surface area contributed by atoms with E-state index in [9.17, 15) is 0 Å². The summed E-state index contributed by atoms with van der Waals surface area (Å²) in [4.78, 5) is 14.4. The maximum absolute atomic E-state index is 5.64. The zero-order chi connectivity index (χ0) is 15.0. The van der Waals surface area contributed by atoms with Gasteiger partial charge in [-0.15, -0.1) is 0 Å². The van der Waals surface area contributed by atoms with E-state index in [0.717, 1.165) is 42.7 Å². The van der Waals surface area contributed by atoms with Crippen LogP contribution in [0.1, 0.15) is 44.0 Å². The molecular formula is C15H26N6. The molecule has 1 aromatic heterocycles. The van der Waals surface area contributed by atoms with E-state index in [-0.39, 0.29) is 0 Å². The molecule has 1 aromatic rings. The van der Waals surface area contributed by atoms with E-state index >= 15 is 0 Å². The van der Waals surface area contributed by atoms with Crippen molar-refractivity contribution >= 4 is 11.6 Å². The summed E-state index contributed by atoms with van der Waals surface area (Å²) in [5.41, 5.74) is 3.78. The van der Waals surface area contributed by atoms with Crippen molar-refractivity contribution in [2.75, 3.05) is 36.5 Å². The number of piperazine rings is 1. The smallest absolute Gasteiger partial charge is 0.148 e. The summed E-state index contributed by atoms with van der Waals surface area (Å²) in [7, 11) is 0. The fourth-order valence-corrected chi connectivity index (χ4v) is 3.41. The van der Waals surface area contributed by atoms with Crippen LogP contribution in [0.2, 0.25) is 0 Å². The Morgan fingerprint density at radius 2 is 2.05 bits per heavy atom. The first kappa shape index (κ1) is 14.5. The SMILES string of the molecule is Cc1c(NN)nc(C(C)C)nc1N1CCN2CCCC2C1. The van der Waals surface area contributed by atoms with Crippen LogP contribution >= 0.6 is 0 Å². The molecule has 0 aliphatic carbocycles. The Balaban J connectivity index is 1.91. The number of hydrogen-bond acceptors (Lipinski definition) is 6. The van der Waals surface area contributed by atoms with E-state index in [1.54, 1.807) is 0 Å². The molecule has 6 nitrogen and oxygen atoms in total. The fraction of sp³-hybridized carbons (Fsp3) is 0.733. The molecule has 0 spiro atoms. The predicted molar refractivity (Wildman–Crippen MR) is 85.5 cm³/mol. The lowest BCUT2D eigenvalue weighted by atomic mass is 10.1. The lowest BCUT2D eigenvalue weighted by Crippen LogP contribution is -2.50. The highest BCUT2D eigenvalue weighted by molar-refractivity contribution is 5.58. The van der Waals surface area contributed by atoms with Crippen molar-refractivity contribution in [2.24, 2.45) is 5.84 Å². The lowest BCUT2D eigenvalue weighted by molar-refractivity contribution is 0.230. The van der Waals surface area contributed by atoms with Gasteiger partial charge in [-0.05, 0) is 26.3 Å². The zero-order valence-corrected chi connectivity index (χ0v) is 13.3. The second kappa shape index (κ2) is 5.77. The number of nitrogens with zero attached hydrogens (tertiary/aromatic N) is 4. The molecule has 0 saturated carbocycles. The van der Waals surface area contributed by atoms with Gasteiger partial charge in [0.1, 0.15) is 17.5 Å². The predicted octanol–water partition coefficient (Wildman–Crippen LogP) is 1.48. The normalized spacial score (nSPS) is 22.7. The maximum Gasteiger partial charge on any atom is 0.148 e. The van der Waals surface area contributed by atoms with Crippen molar-refractivity contribution in [3.05, 3.63) is 11.4 Å². The Hall–Kier alpha value is -1.40. The summed E-state index contributed by atoms with van der Waals surface area (Å²) in [5.74, 6) is 8.59. The van der Waals surface area contributed by atoms with Gasteiger partial charge in [0.05, 0.1) is 0 Å². The van der Waals surface area contributed by atoms with Gasteiger partial charge in [0.15, 0.2) is 0 Å². The molecule has 0 bridgehead atoms. The summed E-state index contributed by atoms with van der Waals surface area (Å²) in [6.07, 6.45) is 2.63.